The van der Waals surface area contributed by atoms with E-state index >= 15 is 0 Å². The van der Waals surface area contributed by atoms with E-state index < -0.39 is 10.0 Å². The molecule has 0 aliphatic carbocycles. The number of aliphatic hydroxyl groups is 1. The zero-order valence-corrected chi connectivity index (χ0v) is 11.5. The van der Waals surface area contributed by atoms with Gasteiger partial charge in [0, 0.05) is 6.04 Å². The molecule has 1 unspecified atom stereocenters. The van der Waals surface area contributed by atoms with Crippen LogP contribution in [-0.2, 0) is 16.6 Å². The summed E-state index contributed by atoms with van der Waals surface area (Å²) in [6.45, 7) is 1.50. The topological polar surface area (TPSA) is 79.5 Å². The molecule has 0 aromatic carbocycles. The van der Waals surface area contributed by atoms with Crippen molar-refractivity contribution < 1.29 is 17.9 Å². The third-order valence-electron chi connectivity index (χ3n) is 2.17. The summed E-state index contributed by atoms with van der Waals surface area (Å²) in [5, 5.41) is 8.65. The average Bonchev–Trinajstić information content (AvgIpc) is 2.75. The Morgan fingerprint density at radius 3 is 2.76 bits per heavy atom. The van der Waals surface area contributed by atoms with Gasteiger partial charge in [0.05, 0.1) is 0 Å². The molecule has 0 saturated heterocycles. The molecule has 0 amide bonds. The van der Waals surface area contributed by atoms with Crippen molar-refractivity contribution in [3.63, 3.8) is 0 Å². The van der Waals surface area contributed by atoms with E-state index in [-0.39, 0.29) is 23.5 Å². The van der Waals surface area contributed by atoms with Gasteiger partial charge in [0.2, 0.25) is 5.09 Å². The molecule has 1 aromatic rings. The van der Waals surface area contributed by atoms with Crippen LogP contribution in [0.2, 0.25) is 0 Å². The van der Waals surface area contributed by atoms with E-state index in [1.807, 2.05) is 13.2 Å². The molecule has 1 atom stereocenters. The Bertz CT molecular complexity index is 441. The fourth-order valence-electron chi connectivity index (χ4n) is 1.26. The fraction of sp³-hybridized carbons (Fsp3) is 0.600. The summed E-state index contributed by atoms with van der Waals surface area (Å²) in [4.78, 5) is 0. The quantitative estimate of drug-likeness (QED) is 0.784. The minimum Gasteiger partial charge on any atom is -0.446 e. The zero-order valence-electron chi connectivity index (χ0n) is 9.84. The summed E-state index contributed by atoms with van der Waals surface area (Å²) in [5.41, 5.74) is 0. The maximum atomic E-state index is 11.8. The lowest BCUT2D eigenvalue weighted by atomic mass is 10.3. The van der Waals surface area contributed by atoms with Crippen molar-refractivity contribution in [2.45, 2.75) is 31.1 Å². The lowest BCUT2D eigenvalue weighted by Gasteiger charge is -2.11. The number of rotatable bonds is 7. The number of thioether (sulfide) groups is 1. The molecule has 0 spiro atoms. The van der Waals surface area contributed by atoms with Gasteiger partial charge in [0.25, 0.3) is 10.0 Å². The lowest BCUT2D eigenvalue weighted by Crippen LogP contribution is -2.32. The summed E-state index contributed by atoms with van der Waals surface area (Å²) >= 11 is 1.67. The van der Waals surface area contributed by atoms with E-state index in [1.165, 1.54) is 12.1 Å². The molecular weight excluding hydrogens is 262 g/mol. The van der Waals surface area contributed by atoms with Crippen molar-refractivity contribution in [2.24, 2.45) is 0 Å². The Balaban J connectivity index is 2.68. The second-order valence-electron chi connectivity index (χ2n) is 3.68. The predicted molar refractivity (Wildman–Crippen MR) is 67.4 cm³/mol. The first-order chi connectivity index (χ1) is 7.99. The Hall–Kier alpha value is -0.500. The molecule has 0 aliphatic heterocycles. The van der Waals surface area contributed by atoms with Gasteiger partial charge in [-0.25, -0.2) is 13.1 Å². The molecule has 7 heteroatoms. The smallest absolute Gasteiger partial charge is 0.274 e. The molecule has 0 radical (unpaired) electrons. The van der Waals surface area contributed by atoms with Crippen LogP contribution in [0.25, 0.3) is 0 Å². The van der Waals surface area contributed by atoms with Crippen LogP contribution in [0.4, 0.5) is 0 Å². The van der Waals surface area contributed by atoms with Crippen LogP contribution in [-0.4, -0.2) is 31.6 Å². The maximum Gasteiger partial charge on any atom is 0.274 e. The van der Waals surface area contributed by atoms with Gasteiger partial charge in [-0.15, -0.1) is 0 Å². The fourth-order valence-corrected chi connectivity index (χ4v) is 3.08. The predicted octanol–water partition coefficient (Wildman–Crippen LogP) is 1.19. The van der Waals surface area contributed by atoms with Crippen LogP contribution in [0.15, 0.2) is 21.6 Å². The molecule has 2 N–H and O–H groups in total. The minimum absolute atomic E-state index is 0.143. The minimum atomic E-state index is -3.62. The Kier molecular flexibility index (Phi) is 5.51. The third-order valence-corrected chi connectivity index (χ3v) is 4.27. The zero-order chi connectivity index (χ0) is 12.9. The number of aliphatic hydroxyl groups excluding tert-OH is 1. The summed E-state index contributed by atoms with van der Waals surface area (Å²) in [6.07, 6.45) is 2.73. The van der Waals surface area contributed by atoms with E-state index in [0.29, 0.717) is 0 Å². The number of sulfonamides is 1. The van der Waals surface area contributed by atoms with Crippen LogP contribution >= 0.6 is 11.8 Å². The van der Waals surface area contributed by atoms with Gasteiger partial charge >= 0.3 is 0 Å². The van der Waals surface area contributed by atoms with Crippen molar-refractivity contribution >= 4 is 21.8 Å². The standard InChI is InChI=1S/C10H17NO4S2/c1-8(5-6-16-2)11-17(13,14)10-4-3-9(7-12)15-10/h3-4,8,11-12H,5-7H2,1-2H3. The number of hydrogen-bond donors (Lipinski definition) is 2. The maximum absolute atomic E-state index is 11.8. The molecule has 1 aromatic heterocycles. The average molecular weight is 279 g/mol. The van der Waals surface area contributed by atoms with Gasteiger partial charge in [0.15, 0.2) is 0 Å². The van der Waals surface area contributed by atoms with Crippen molar-refractivity contribution in [3.8, 4) is 0 Å². The van der Waals surface area contributed by atoms with Crippen LogP contribution in [0.1, 0.15) is 19.1 Å². The molecule has 0 bridgehead atoms. The van der Waals surface area contributed by atoms with E-state index in [1.54, 1.807) is 11.8 Å². The normalized spacial score (nSPS) is 13.8. The number of nitrogens with one attached hydrogen (secondary N) is 1. The molecule has 1 rings (SSSR count). The van der Waals surface area contributed by atoms with Crippen LogP contribution < -0.4 is 4.72 Å². The van der Waals surface area contributed by atoms with Gasteiger partial charge in [-0.05, 0) is 37.5 Å². The molecule has 1 heterocycles. The highest BCUT2D eigenvalue weighted by Gasteiger charge is 2.20. The lowest BCUT2D eigenvalue weighted by molar-refractivity contribution is 0.236. The monoisotopic (exact) mass is 279 g/mol. The summed E-state index contributed by atoms with van der Waals surface area (Å²) in [5.74, 6) is 1.13. The molecule has 0 aliphatic rings. The first kappa shape index (κ1) is 14.6. The Labute approximate surface area is 106 Å². The molecular formula is C10H17NO4S2. The van der Waals surface area contributed by atoms with Gasteiger partial charge in [-0.3, -0.25) is 0 Å². The van der Waals surface area contributed by atoms with Crippen molar-refractivity contribution in [3.05, 3.63) is 17.9 Å². The molecule has 0 fully saturated rings. The SMILES string of the molecule is CSCCC(C)NS(=O)(=O)c1ccc(CO)o1. The van der Waals surface area contributed by atoms with E-state index in [4.69, 9.17) is 9.52 Å². The van der Waals surface area contributed by atoms with Crippen LogP contribution in [0.3, 0.4) is 0 Å². The van der Waals surface area contributed by atoms with Gasteiger partial charge < -0.3 is 9.52 Å². The third kappa shape index (κ3) is 4.34. The highest BCUT2D eigenvalue weighted by Crippen LogP contribution is 2.14. The molecule has 98 valence electrons. The van der Waals surface area contributed by atoms with Crippen molar-refractivity contribution in [1.29, 1.82) is 0 Å². The highest BCUT2D eigenvalue weighted by atomic mass is 32.2. The first-order valence-corrected chi connectivity index (χ1v) is 8.08. The van der Waals surface area contributed by atoms with Crippen LogP contribution in [0.5, 0.6) is 0 Å². The molecule has 0 saturated carbocycles. The van der Waals surface area contributed by atoms with Gasteiger partial charge in [-0.2, -0.15) is 11.8 Å². The first-order valence-electron chi connectivity index (χ1n) is 5.20. The van der Waals surface area contributed by atoms with Gasteiger partial charge in [-0.1, -0.05) is 0 Å². The summed E-state index contributed by atoms with van der Waals surface area (Å²) < 4.78 is 31.2. The van der Waals surface area contributed by atoms with Gasteiger partial charge in [0.1, 0.15) is 12.4 Å². The summed E-state index contributed by atoms with van der Waals surface area (Å²) in [6, 6.07) is 2.64. The Morgan fingerprint density at radius 2 is 2.24 bits per heavy atom. The molecule has 5 nitrogen and oxygen atoms in total. The second-order valence-corrected chi connectivity index (χ2v) is 6.31. The summed E-state index contributed by atoms with van der Waals surface area (Å²) in [7, 11) is -3.62. The van der Waals surface area contributed by atoms with Crippen molar-refractivity contribution in [2.75, 3.05) is 12.0 Å². The number of furan rings is 1. The Morgan fingerprint density at radius 1 is 1.53 bits per heavy atom. The van der Waals surface area contributed by atoms with E-state index in [9.17, 15) is 8.42 Å². The van der Waals surface area contributed by atoms with Crippen molar-refractivity contribution in [1.82, 2.24) is 4.72 Å². The van der Waals surface area contributed by atoms with E-state index in [0.717, 1.165) is 12.2 Å². The highest BCUT2D eigenvalue weighted by molar-refractivity contribution is 7.98. The van der Waals surface area contributed by atoms with E-state index in [2.05, 4.69) is 4.72 Å². The number of hydrogen-bond acceptors (Lipinski definition) is 5. The van der Waals surface area contributed by atoms with Crippen LogP contribution in [0, 0.1) is 0 Å². The molecule has 17 heavy (non-hydrogen) atoms. The largest absolute Gasteiger partial charge is 0.446 e. The second kappa shape index (κ2) is 6.44.